The van der Waals surface area contributed by atoms with Gasteiger partial charge in [-0.25, -0.2) is 0 Å². The molecule has 0 spiro atoms. The second-order valence-corrected chi connectivity index (χ2v) is 5.95. The van der Waals surface area contributed by atoms with Crippen LogP contribution in [0.25, 0.3) is 0 Å². The summed E-state index contributed by atoms with van der Waals surface area (Å²) in [5, 5.41) is 4.63. The van der Waals surface area contributed by atoms with Crippen molar-refractivity contribution in [2.75, 3.05) is 13.7 Å². The molecule has 0 aromatic carbocycles. The van der Waals surface area contributed by atoms with Gasteiger partial charge in [0.2, 0.25) is 0 Å². The summed E-state index contributed by atoms with van der Waals surface area (Å²) in [5.41, 5.74) is 0.549. The van der Waals surface area contributed by atoms with E-state index in [0.29, 0.717) is 36.2 Å². The molecule has 112 valence electrons. The molecule has 0 amide bonds. The first-order valence-electron chi connectivity index (χ1n) is 7.46. The van der Waals surface area contributed by atoms with Gasteiger partial charge in [0.1, 0.15) is 5.69 Å². The Labute approximate surface area is 125 Å². The fraction of sp³-hybridized carbons (Fsp3) is 0.733. The zero-order valence-electron chi connectivity index (χ0n) is 12.1. The van der Waals surface area contributed by atoms with E-state index in [2.05, 4.69) is 5.10 Å². The number of halogens is 1. The summed E-state index contributed by atoms with van der Waals surface area (Å²) in [4.78, 5) is 12.5. The zero-order chi connectivity index (χ0) is 14.4. The van der Waals surface area contributed by atoms with E-state index in [-0.39, 0.29) is 5.78 Å². The predicted octanol–water partition coefficient (Wildman–Crippen LogP) is 3.73. The fourth-order valence-electron chi connectivity index (χ4n) is 2.91. The molecule has 1 saturated carbocycles. The second kappa shape index (κ2) is 7.79. The molecule has 20 heavy (non-hydrogen) atoms. The molecule has 1 aliphatic carbocycles. The smallest absolute Gasteiger partial charge is 0.182 e. The summed E-state index contributed by atoms with van der Waals surface area (Å²) in [7, 11) is 1.64. The van der Waals surface area contributed by atoms with Crippen molar-refractivity contribution in [3.8, 4) is 0 Å². The Morgan fingerprint density at radius 3 is 2.75 bits per heavy atom. The van der Waals surface area contributed by atoms with Crippen LogP contribution in [0.1, 0.15) is 55.4 Å². The van der Waals surface area contributed by atoms with Gasteiger partial charge in [-0.1, -0.05) is 50.1 Å². The van der Waals surface area contributed by atoms with Crippen LogP contribution in [0.5, 0.6) is 0 Å². The van der Waals surface area contributed by atoms with E-state index in [9.17, 15) is 4.79 Å². The minimum Gasteiger partial charge on any atom is -0.383 e. The van der Waals surface area contributed by atoms with Crippen LogP contribution in [0, 0.1) is 5.92 Å². The molecule has 1 aliphatic rings. The van der Waals surface area contributed by atoms with Crippen molar-refractivity contribution in [1.29, 1.82) is 0 Å². The van der Waals surface area contributed by atoms with Crippen LogP contribution in [0.15, 0.2) is 6.20 Å². The van der Waals surface area contributed by atoms with Crippen LogP contribution in [0.4, 0.5) is 0 Å². The molecule has 2 rings (SSSR count). The van der Waals surface area contributed by atoms with Crippen molar-refractivity contribution >= 4 is 17.4 Å². The van der Waals surface area contributed by atoms with Gasteiger partial charge in [-0.3, -0.25) is 9.48 Å². The molecule has 0 saturated heterocycles. The first-order chi connectivity index (χ1) is 9.72. The van der Waals surface area contributed by atoms with Crippen molar-refractivity contribution in [2.45, 2.75) is 51.5 Å². The van der Waals surface area contributed by atoms with Gasteiger partial charge in [-0.15, -0.1) is 0 Å². The van der Waals surface area contributed by atoms with Crippen LogP contribution >= 0.6 is 11.6 Å². The highest BCUT2D eigenvalue weighted by Gasteiger charge is 2.22. The molecule has 0 N–H and O–H groups in total. The minimum absolute atomic E-state index is 0.121. The SMILES string of the molecule is COCCn1ncc(Cl)c1C(=O)CC1CCCCCC1. The largest absolute Gasteiger partial charge is 0.383 e. The predicted molar refractivity (Wildman–Crippen MR) is 79.3 cm³/mol. The molecule has 1 heterocycles. The number of carbonyl (C=O) groups excluding carboxylic acids is 1. The number of nitrogens with zero attached hydrogens (tertiary/aromatic N) is 2. The summed E-state index contributed by atoms with van der Waals surface area (Å²) in [6.45, 7) is 1.09. The molecule has 0 unspecified atom stereocenters. The topological polar surface area (TPSA) is 44.1 Å². The minimum atomic E-state index is 0.121. The molecule has 1 aromatic rings. The van der Waals surface area contributed by atoms with Crippen LogP contribution < -0.4 is 0 Å². The Morgan fingerprint density at radius 2 is 2.10 bits per heavy atom. The average Bonchev–Trinajstić information content (AvgIpc) is 2.63. The van der Waals surface area contributed by atoms with E-state index in [1.807, 2.05) is 0 Å². The maximum absolute atomic E-state index is 12.5. The lowest BCUT2D eigenvalue weighted by Gasteiger charge is -2.13. The van der Waals surface area contributed by atoms with Gasteiger partial charge in [-0.2, -0.15) is 5.10 Å². The maximum Gasteiger partial charge on any atom is 0.182 e. The summed E-state index contributed by atoms with van der Waals surface area (Å²) >= 11 is 6.12. The normalized spacial score (nSPS) is 17.1. The van der Waals surface area contributed by atoms with E-state index < -0.39 is 0 Å². The summed E-state index contributed by atoms with van der Waals surface area (Å²) in [6.07, 6.45) is 9.57. The van der Waals surface area contributed by atoms with Crippen LogP contribution in [-0.2, 0) is 11.3 Å². The van der Waals surface area contributed by atoms with Crippen molar-refractivity contribution in [3.63, 3.8) is 0 Å². The van der Waals surface area contributed by atoms with Gasteiger partial charge < -0.3 is 4.74 Å². The lowest BCUT2D eigenvalue weighted by molar-refractivity contribution is 0.0943. The maximum atomic E-state index is 12.5. The van der Waals surface area contributed by atoms with Gasteiger partial charge in [0.15, 0.2) is 5.78 Å². The number of hydrogen-bond acceptors (Lipinski definition) is 3. The molecule has 0 aliphatic heterocycles. The average molecular weight is 299 g/mol. The molecular formula is C15H23ClN2O2. The van der Waals surface area contributed by atoms with Crippen LogP contribution in [0.3, 0.4) is 0 Å². The van der Waals surface area contributed by atoms with Crippen molar-refractivity contribution in [3.05, 3.63) is 16.9 Å². The lowest BCUT2D eigenvalue weighted by atomic mass is 9.93. The highest BCUT2D eigenvalue weighted by atomic mass is 35.5. The lowest BCUT2D eigenvalue weighted by Crippen LogP contribution is -2.16. The van der Waals surface area contributed by atoms with Gasteiger partial charge in [-0.05, 0) is 5.92 Å². The number of Topliss-reactive ketones (excluding diaryl/α,β-unsaturated/α-hetero) is 1. The molecule has 0 bridgehead atoms. The van der Waals surface area contributed by atoms with Gasteiger partial charge >= 0.3 is 0 Å². The third-order valence-corrected chi connectivity index (χ3v) is 4.29. The Morgan fingerprint density at radius 1 is 1.40 bits per heavy atom. The number of aromatic nitrogens is 2. The van der Waals surface area contributed by atoms with Gasteiger partial charge in [0, 0.05) is 13.5 Å². The number of methoxy groups -OCH3 is 1. The second-order valence-electron chi connectivity index (χ2n) is 5.54. The quantitative estimate of drug-likeness (QED) is 0.594. The Bertz CT molecular complexity index is 437. The third kappa shape index (κ3) is 4.06. The van der Waals surface area contributed by atoms with E-state index >= 15 is 0 Å². The number of carbonyl (C=O) groups is 1. The van der Waals surface area contributed by atoms with Crippen LogP contribution in [-0.4, -0.2) is 29.3 Å². The summed E-state index contributed by atoms with van der Waals surface area (Å²) in [5.74, 6) is 0.627. The first kappa shape index (κ1) is 15.5. The fourth-order valence-corrected chi connectivity index (χ4v) is 3.16. The highest BCUT2D eigenvalue weighted by molar-refractivity contribution is 6.33. The molecule has 4 nitrogen and oxygen atoms in total. The third-order valence-electron chi connectivity index (χ3n) is 4.01. The number of ketones is 1. The van der Waals surface area contributed by atoms with E-state index in [1.54, 1.807) is 18.0 Å². The molecule has 1 aromatic heterocycles. The van der Waals surface area contributed by atoms with Crippen molar-refractivity contribution in [1.82, 2.24) is 9.78 Å². The molecule has 5 heteroatoms. The summed E-state index contributed by atoms with van der Waals surface area (Å²) in [6, 6.07) is 0. The van der Waals surface area contributed by atoms with Crippen LogP contribution in [0.2, 0.25) is 5.02 Å². The first-order valence-corrected chi connectivity index (χ1v) is 7.83. The van der Waals surface area contributed by atoms with E-state index in [4.69, 9.17) is 16.3 Å². The van der Waals surface area contributed by atoms with Gasteiger partial charge in [0.25, 0.3) is 0 Å². The van der Waals surface area contributed by atoms with E-state index in [1.165, 1.54) is 25.7 Å². The number of ether oxygens (including phenoxy) is 1. The Kier molecular flexibility index (Phi) is 6.05. The Hall–Kier alpha value is -0.870. The van der Waals surface area contributed by atoms with Crippen molar-refractivity contribution in [2.24, 2.45) is 5.92 Å². The summed E-state index contributed by atoms with van der Waals surface area (Å²) < 4.78 is 6.71. The van der Waals surface area contributed by atoms with Gasteiger partial charge in [0.05, 0.1) is 24.4 Å². The van der Waals surface area contributed by atoms with Crippen molar-refractivity contribution < 1.29 is 9.53 Å². The Balaban J connectivity index is 2.02. The molecule has 0 radical (unpaired) electrons. The van der Waals surface area contributed by atoms with E-state index in [0.717, 1.165) is 12.8 Å². The number of hydrogen-bond donors (Lipinski definition) is 0. The molecule has 0 atom stereocenters. The number of rotatable bonds is 6. The molecular weight excluding hydrogens is 276 g/mol. The standard InChI is InChI=1S/C15H23ClN2O2/c1-20-9-8-18-15(13(16)11-17-18)14(19)10-12-6-4-2-3-5-7-12/h11-12H,2-10H2,1H3. The highest BCUT2D eigenvalue weighted by Crippen LogP contribution is 2.28. The monoisotopic (exact) mass is 298 g/mol. The molecule has 1 fully saturated rings. The zero-order valence-corrected chi connectivity index (χ0v) is 12.9.